The third kappa shape index (κ3) is 9.84. The van der Waals surface area contributed by atoms with Gasteiger partial charge in [0.05, 0.1) is 12.2 Å². The van der Waals surface area contributed by atoms with Gasteiger partial charge in [0.2, 0.25) is 5.91 Å². The second kappa shape index (κ2) is 10.8. The average Bonchev–Trinajstić information content (AvgIpc) is 2.55. The van der Waals surface area contributed by atoms with Gasteiger partial charge in [-0.25, -0.2) is 4.99 Å². The summed E-state index contributed by atoms with van der Waals surface area (Å²) >= 11 is 0. The highest BCUT2D eigenvalue weighted by Gasteiger charge is 2.14. The molecule has 152 valence electrons. The Morgan fingerprint density at radius 3 is 2.33 bits per heavy atom. The first-order chi connectivity index (χ1) is 12.6. The minimum atomic E-state index is -0.703. The Balaban J connectivity index is 2.59. The van der Waals surface area contributed by atoms with Crippen LogP contribution in [0.4, 0.5) is 0 Å². The number of hydrogen-bond donors (Lipinski definition) is 4. The number of guanidine groups is 1. The summed E-state index contributed by atoms with van der Waals surface area (Å²) < 4.78 is 5.60. The number of amides is 1. The number of carbonyl (C=O) groups is 1. The summed E-state index contributed by atoms with van der Waals surface area (Å²) in [5.74, 6) is 1.11. The molecule has 27 heavy (non-hydrogen) atoms. The molecular formula is C20H34N4O3. The first kappa shape index (κ1) is 22.8. The second-order valence-electron chi connectivity index (χ2n) is 7.63. The van der Waals surface area contributed by atoms with Crippen LogP contribution in [0.2, 0.25) is 0 Å². The van der Waals surface area contributed by atoms with Gasteiger partial charge in [0.15, 0.2) is 5.96 Å². The average molecular weight is 379 g/mol. The van der Waals surface area contributed by atoms with Crippen LogP contribution in [-0.2, 0) is 4.79 Å². The van der Waals surface area contributed by atoms with Crippen molar-refractivity contribution in [3.8, 4) is 5.75 Å². The molecule has 1 rings (SSSR count). The fourth-order valence-corrected chi connectivity index (χ4v) is 2.30. The molecule has 7 heteroatoms. The molecule has 1 amide bonds. The van der Waals surface area contributed by atoms with E-state index in [1.54, 1.807) is 0 Å². The fraction of sp³-hybridized carbons (Fsp3) is 0.600. The molecule has 0 heterocycles. The van der Waals surface area contributed by atoms with E-state index in [1.165, 1.54) is 0 Å². The van der Waals surface area contributed by atoms with E-state index in [-0.39, 0.29) is 30.6 Å². The van der Waals surface area contributed by atoms with Gasteiger partial charge in [-0.15, -0.1) is 0 Å². The molecule has 0 aromatic heterocycles. The minimum Gasteiger partial charge on any atom is -0.491 e. The normalized spacial score (nSPS) is 13.3. The summed E-state index contributed by atoms with van der Waals surface area (Å²) in [6.07, 6.45) is -0.595. The molecule has 0 fully saturated rings. The number of rotatable bonds is 8. The van der Waals surface area contributed by atoms with Gasteiger partial charge >= 0.3 is 0 Å². The molecule has 0 bridgehead atoms. The smallest absolute Gasteiger partial charge is 0.242 e. The Morgan fingerprint density at radius 2 is 1.81 bits per heavy atom. The van der Waals surface area contributed by atoms with Crippen molar-refractivity contribution in [3.05, 3.63) is 29.8 Å². The van der Waals surface area contributed by atoms with Crippen molar-refractivity contribution in [1.82, 2.24) is 16.0 Å². The van der Waals surface area contributed by atoms with Crippen molar-refractivity contribution in [2.24, 2.45) is 4.99 Å². The van der Waals surface area contributed by atoms with Crippen molar-refractivity contribution in [1.29, 1.82) is 0 Å². The molecule has 0 spiro atoms. The van der Waals surface area contributed by atoms with Crippen molar-refractivity contribution in [3.63, 3.8) is 0 Å². The van der Waals surface area contributed by atoms with E-state index in [9.17, 15) is 9.90 Å². The first-order valence-electron chi connectivity index (χ1n) is 9.38. The van der Waals surface area contributed by atoms with E-state index >= 15 is 0 Å². The van der Waals surface area contributed by atoms with Crippen LogP contribution < -0.4 is 20.7 Å². The molecule has 0 aliphatic heterocycles. The Bertz CT molecular complexity index is 607. The summed E-state index contributed by atoms with van der Waals surface area (Å²) in [6.45, 7) is 12.6. The molecule has 0 saturated heterocycles. The van der Waals surface area contributed by atoms with Crippen molar-refractivity contribution < 1.29 is 14.6 Å². The quantitative estimate of drug-likeness (QED) is 0.410. The molecule has 4 N–H and O–H groups in total. The SMILES string of the molecule is CCNC(=NCC(=O)NC(C)(C)C)NCC(O)c1ccc(OC(C)C)cc1. The molecule has 0 radical (unpaired) electrons. The zero-order valence-electron chi connectivity index (χ0n) is 17.3. The van der Waals surface area contributed by atoms with Crippen LogP contribution in [0.15, 0.2) is 29.3 Å². The molecule has 1 unspecified atom stereocenters. The van der Waals surface area contributed by atoms with Crippen molar-refractivity contribution >= 4 is 11.9 Å². The van der Waals surface area contributed by atoms with Crippen molar-refractivity contribution in [2.75, 3.05) is 19.6 Å². The topological polar surface area (TPSA) is 95.0 Å². The predicted molar refractivity (Wildman–Crippen MR) is 109 cm³/mol. The lowest BCUT2D eigenvalue weighted by Crippen LogP contribution is -2.43. The molecule has 1 aromatic rings. The van der Waals surface area contributed by atoms with Crippen LogP contribution in [0.3, 0.4) is 0 Å². The third-order valence-corrected chi connectivity index (χ3v) is 3.34. The molecular weight excluding hydrogens is 344 g/mol. The molecule has 7 nitrogen and oxygen atoms in total. The second-order valence-corrected chi connectivity index (χ2v) is 7.63. The lowest BCUT2D eigenvalue weighted by molar-refractivity contribution is -0.121. The van der Waals surface area contributed by atoms with E-state index in [4.69, 9.17) is 4.74 Å². The molecule has 0 saturated carbocycles. The Kier molecular flexibility index (Phi) is 9.08. The summed E-state index contributed by atoms with van der Waals surface area (Å²) in [5.41, 5.74) is 0.486. The lowest BCUT2D eigenvalue weighted by atomic mass is 10.1. The van der Waals surface area contributed by atoms with Crippen LogP contribution in [0.5, 0.6) is 5.75 Å². The Hall–Kier alpha value is -2.28. The number of carbonyl (C=O) groups excluding carboxylic acids is 1. The van der Waals surface area contributed by atoms with Crippen LogP contribution >= 0.6 is 0 Å². The third-order valence-electron chi connectivity index (χ3n) is 3.34. The summed E-state index contributed by atoms with van der Waals surface area (Å²) in [4.78, 5) is 16.2. The van der Waals surface area contributed by atoms with Gasteiger partial charge in [-0.05, 0) is 59.2 Å². The van der Waals surface area contributed by atoms with Crippen LogP contribution in [0.1, 0.15) is 53.2 Å². The molecule has 1 atom stereocenters. The summed E-state index contributed by atoms with van der Waals surface area (Å²) in [6, 6.07) is 7.36. The number of ether oxygens (including phenoxy) is 1. The van der Waals surface area contributed by atoms with Gasteiger partial charge in [0.25, 0.3) is 0 Å². The Morgan fingerprint density at radius 1 is 1.19 bits per heavy atom. The van der Waals surface area contributed by atoms with E-state index in [0.29, 0.717) is 12.5 Å². The monoisotopic (exact) mass is 378 g/mol. The Labute approximate surface area is 162 Å². The summed E-state index contributed by atoms with van der Waals surface area (Å²) in [7, 11) is 0. The number of nitrogens with one attached hydrogen (secondary N) is 3. The van der Waals surface area contributed by atoms with Gasteiger partial charge in [0, 0.05) is 18.6 Å². The fourth-order valence-electron chi connectivity index (χ4n) is 2.30. The lowest BCUT2D eigenvalue weighted by Gasteiger charge is -2.20. The maximum absolute atomic E-state index is 11.9. The van der Waals surface area contributed by atoms with Crippen molar-refractivity contribution in [2.45, 2.75) is 59.3 Å². The maximum atomic E-state index is 11.9. The highest BCUT2D eigenvalue weighted by molar-refractivity contribution is 5.85. The number of aliphatic hydroxyl groups excluding tert-OH is 1. The standard InChI is InChI=1S/C20H34N4O3/c1-7-21-19(23-13-18(26)24-20(4,5)6)22-12-17(25)15-8-10-16(11-9-15)27-14(2)3/h8-11,14,17,25H,7,12-13H2,1-6H3,(H,24,26)(H2,21,22,23). The summed E-state index contributed by atoms with van der Waals surface area (Å²) in [5, 5.41) is 19.4. The van der Waals surface area contributed by atoms with Gasteiger partial charge < -0.3 is 25.8 Å². The number of hydrogen-bond acceptors (Lipinski definition) is 4. The first-order valence-corrected chi connectivity index (χ1v) is 9.38. The van der Waals surface area contributed by atoms with Crippen LogP contribution in [0, 0.1) is 0 Å². The van der Waals surface area contributed by atoms with Gasteiger partial charge in [-0.3, -0.25) is 4.79 Å². The zero-order valence-corrected chi connectivity index (χ0v) is 17.3. The minimum absolute atomic E-state index is 0.0178. The highest BCUT2D eigenvalue weighted by Crippen LogP contribution is 2.18. The number of aliphatic imine (C=N–C) groups is 1. The number of benzene rings is 1. The van der Waals surface area contributed by atoms with E-state index in [2.05, 4.69) is 20.9 Å². The maximum Gasteiger partial charge on any atom is 0.242 e. The number of aliphatic hydroxyl groups is 1. The van der Waals surface area contributed by atoms with Gasteiger partial charge in [-0.2, -0.15) is 0 Å². The zero-order chi connectivity index (χ0) is 20.4. The van der Waals surface area contributed by atoms with E-state index in [0.717, 1.165) is 11.3 Å². The largest absolute Gasteiger partial charge is 0.491 e. The molecule has 1 aromatic carbocycles. The highest BCUT2D eigenvalue weighted by atomic mass is 16.5. The number of nitrogens with zero attached hydrogens (tertiary/aromatic N) is 1. The van der Waals surface area contributed by atoms with E-state index < -0.39 is 6.10 Å². The van der Waals surface area contributed by atoms with E-state index in [1.807, 2.05) is 65.8 Å². The van der Waals surface area contributed by atoms with Crippen LogP contribution in [0.25, 0.3) is 0 Å². The van der Waals surface area contributed by atoms with Crippen LogP contribution in [-0.4, -0.2) is 48.3 Å². The predicted octanol–water partition coefficient (Wildman–Crippen LogP) is 1.98. The molecule has 0 aliphatic carbocycles. The van der Waals surface area contributed by atoms with Gasteiger partial charge in [-0.1, -0.05) is 12.1 Å². The van der Waals surface area contributed by atoms with Gasteiger partial charge in [0.1, 0.15) is 12.3 Å². The molecule has 0 aliphatic rings.